The Bertz CT molecular complexity index is 579. The number of carboxylic acid groups (broad SMARTS) is 2. The third kappa shape index (κ3) is 26.2. The van der Waals surface area contributed by atoms with Crippen molar-refractivity contribution in [1.29, 1.82) is 0 Å². The van der Waals surface area contributed by atoms with Crippen LogP contribution in [0.3, 0.4) is 0 Å². The average molecular weight is 505 g/mol. The van der Waals surface area contributed by atoms with Crippen molar-refractivity contribution in [2.24, 2.45) is 0 Å². The highest BCUT2D eigenvalue weighted by Crippen LogP contribution is 2.09. The summed E-state index contributed by atoms with van der Waals surface area (Å²) < 4.78 is 21.2. The van der Waals surface area contributed by atoms with Gasteiger partial charge in [-0.25, -0.2) is 0 Å². The van der Waals surface area contributed by atoms with Crippen molar-refractivity contribution < 1.29 is 48.3 Å². The highest BCUT2D eigenvalue weighted by Gasteiger charge is 2.07. The van der Waals surface area contributed by atoms with Gasteiger partial charge in [-0.3, -0.25) is 19.2 Å². The predicted molar refractivity (Wildman–Crippen MR) is 128 cm³/mol. The van der Waals surface area contributed by atoms with Gasteiger partial charge in [-0.2, -0.15) is 0 Å². The number of carbonyl (C=O) groups is 4. The molecule has 0 bridgehead atoms. The van der Waals surface area contributed by atoms with E-state index >= 15 is 0 Å². The van der Waals surface area contributed by atoms with Gasteiger partial charge in [0.05, 0.1) is 25.9 Å². The maximum atomic E-state index is 11.7. The molecule has 0 aliphatic rings. The first-order valence-electron chi connectivity index (χ1n) is 12.8. The SMILES string of the molecule is CC(COCCOC(=O)CCCCCCCC(=O)O)OCCOC(=O)CCCCCCCC(=O)O. The number of esters is 2. The van der Waals surface area contributed by atoms with E-state index in [1.807, 2.05) is 6.92 Å². The number of carboxylic acids is 2. The molecule has 1 unspecified atom stereocenters. The van der Waals surface area contributed by atoms with E-state index < -0.39 is 11.9 Å². The lowest BCUT2D eigenvalue weighted by atomic mass is 10.1. The predicted octanol–water partition coefficient (Wildman–Crippen LogP) is 4.13. The lowest BCUT2D eigenvalue weighted by Crippen LogP contribution is -2.21. The van der Waals surface area contributed by atoms with Crippen molar-refractivity contribution in [2.75, 3.05) is 33.0 Å². The van der Waals surface area contributed by atoms with E-state index in [1.54, 1.807) is 0 Å². The van der Waals surface area contributed by atoms with E-state index in [-0.39, 0.29) is 57.3 Å². The quantitative estimate of drug-likeness (QED) is 0.137. The van der Waals surface area contributed by atoms with Gasteiger partial charge in [-0.05, 0) is 32.6 Å². The molecule has 0 aliphatic carbocycles. The second-order valence-electron chi connectivity index (χ2n) is 8.52. The fourth-order valence-corrected chi connectivity index (χ4v) is 3.21. The van der Waals surface area contributed by atoms with Crippen molar-refractivity contribution >= 4 is 23.9 Å². The maximum absolute atomic E-state index is 11.7. The molecule has 0 aromatic rings. The lowest BCUT2D eigenvalue weighted by molar-refractivity contribution is -0.148. The molecule has 0 saturated heterocycles. The van der Waals surface area contributed by atoms with Gasteiger partial charge < -0.3 is 29.2 Å². The van der Waals surface area contributed by atoms with Crippen LogP contribution in [0.1, 0.15) is 96.8 Å². The Morgan fingerprint density at radius 3 is 1.43 bits per heavy atom. The molecule has 0 aliphatic heterocycles. The number of aliphatic carboxylic acids is 2. The first-order chi connectivity index (χ1) is 16.8. The van der Waals surface area contributed by atoms with Crippen LogP contribution in [0.25, 0.3) is 0 Å². The third-order valence-electron chi connectivity index (χ3n) is 5.14. The van der Waals surface area contributed by atoms with Gasteiger partial charge in [0.15, 0.2) is 0 Å². The number of rotatable bonds is 25. The Morgan fingerprint density at radius 2 is 0.971 bits per heavy atom. The van der Waals surface area contributed by atoms with Gasteiger partial charge in [0, 0.05) is 25.7 Å². The molecule has 0 aromatic heterocycles. The summed E-state index contributed by atoms with van der Waals surface area (Å²) >= 11 is 0. The Balaban J connectivity index is 3.42. The van der Waals surface area contributed by atoms with Crippen LogP contribution in [-0.2, 0) is 38.1 Å². The topological polar surface area (TPSA) is 146 Å². The highest BCUT2D eigenvalue weighted by molar-refractivity contribution is 5.69. The van der Waals surface area contributed by atoms with Gasteiger partial charge in [-0.15, -0.1) is 0 Å². The van der Waals surface area contributed by atoms with Crippen molar-refractivity contribution in [3.05, 3.63) is 0 Å². The smallest absolute Gasteiger partial charge is 0.305 e. The van der Waals surface area contributed by atoms with Crippen LogP contribution >= 0.6 is 0 Å². The van der Waals surface area contributed by atoms with Crippen LogP contribution in [-0.4, -0.2) is 73.2 Å². The summed E-state index contributed by atoms with van der Waals surface area (Å²) in [6.45, 7) is 3.09. The number of hydrogen-bond acceptors (Lipinski definition) is 8. The van der Waals surface area contributed by atoms with Crippen molar-refractivity contribution in [2.45, 2.75) is 103 Å². The lowest BCUT2D eigenvalue weighted by Gasteiger charge is -2.14. The number of hydrogen-bond donors (Lipinski definition) is 2. The summed E-state index contributed by atoms with van der Waals surface area (Å²) in [5, 5.41) is 17.1. The molecule has 0 saturated carbocycles. The molecule has 0 spiro atoms. The van der Waals surface area contributed by atoms with E-state index in [0.717, 1.165) is 51.4 Å². The van der Waals surface area contributed by atoms with E-state index in [9.17, 15) is 19.2 Å². The van der Waals surface area contributed by atoms with Crippen molar-refractivity contribution in [1.82, 2.24) is 0 Å². The molecule has 0 heterocycles. The van der Waals surface area contributed by atoms with Crippen LogP contribution in [0.4, 0.5) is 0 Å². The minimum Gasteiger partial charge on any atom is -0.481 e. The van der Waals surface area contributed by atoms with Crippen LogP contribution in [0.15, 0.2) is 0 Å². The summed E-state index contributed by atoms with van der Waals surface area (Å²) in [4.78, 5) is 44.1. The van der Waals surface area contributed by atoms with Gasteiger partial charge in [0.2, 0.25) is 0 Å². The van der Waals surface area contributed by atoms with Crippen LogP contribution in [0.5, 0.6) is 0 Å². The zero-order valence-corrected chi connectivity index (χ0v) is 21.2. The summed E-state index contributed by atoms with van der Waals surface area (Å²) in [5.74, 6) is -2.07. The Hall–Kier alpha value is -2.20. The van der Waals surface area contributed by atoms with Crippen LogP contribution in [0, 0.1) is 0 Å². The molecule has 10 heteroatoms. The van der Waals surface area contributed by atoms with Crippen molar-refractivity contribution in [3.8, 4) is 0 Å². The molecule has 10 nitrogen and oxygen atoms in total. The molecule has 35 heavy (non-hydrogen) atoms. The summed E-state index contributed by atoms with van der Waals surface area (Å²) in [6.07, 6.45) is 9.02. The Labute approximate surface area is 208 Å². The molecular formula is C25H44O10. The highest BCUT2D eigenvalue weighted by atomic mass is 16.6. The largest absolute Gasteiger partial charge is 0.481 e. The maximum Gasteiger partial charge on any atom is 0.305 e. The van der Waals surface area contributed by atoms with E-state index in [2.05, 4.69) is 0 Å². The molecule has 1 atom stereocenters. The minimum absolute atomic E-state index is 0.180. The summed E-state index contributed by atoms with van der Waals surface area (Å²) in [6, 6.07) is 0. The first-order valence-corrected chi connectivity index (χ1v) is 12.8. The van der Waals surface area contributed by atoms with E-state index in [0.29, 0.717) is 32.3 Å². The van der Waals surface area contributed by atoms with Crippen LogP contribution in [0.2, 0.25) is 0 Å². The number of ether oxygens (including phenoxy) is 4. The van der Waals surface area contributed by atoms with Crippen molar-refractivity contribution in [3.63, 3.8) is 0 Å². The normalized spacial score (nSPS) is 11.7. The van der Waals surface area contributed by atoms with Gasteiger partial charge in [-0.1, -0.05) is 38.5 Å². The van der Waals surface area contributed by atoms with Gasteiger partial charge >= 0.3 is 23.9 Å². The van der Waals surface area contributed by atoms with E-state index in [4.69, 9.17) is 29.2 Å². The molecule has 0 fully saturated rings. The standard InChI is InChI=1S/C25H44O10/c1-21(33-18-19-35-25(31)15-11-7-3-5-9-13-23(28)29)20-32-16-17-34-24(30)14-10-6-2-4-8-12-22(26)27/h21H,2-20H2,1H3,(H,26,27)(H,28,29). The molecule has 0 radical (unpaired) electrons. The fraction of sp³-hybridized carbons (Fsp3) is 0.840. The van der Waals surface area contributed by atoms with E-state index in [1.165, 1.54) is 0 Å². The molecule has 2 N–H and O–H groups in total. The fourth-order valence-electron chi connectivity index (χ4n) is 3.21. The number of unbranched alkanes of at least 4 members (excludes halogenated alkanes) is 8. The summed E-state index contributed by atoms with van der Waals surface area (Å²) in [5.41, 5.74) is 0. The molecule has 204 valence electrons. The Morgan fingerprint density at radius 1 is 0.571 bits per heavy atom. The average Bonchev–Trinajstić information content (AvgIpc) is 2.80. The zero-order chi connectivity index (χ0) is 26.2. The van der Waals surface area contributed by atoms with Gasteiger partial charge in [0.25, 0.3) is 0 Å². The second kappa shape index (κ2) is 23.5. The minimum atomic E-state index is -0.774. The first kappa shape index (κ1) is 32.8. The third-order valence-corrected chi connectivity index (χ3v) is 5.14. The van der Waals surface area contributed by atoms with Gasteiger partial charge in [0.1, 0.15) is 13.2 Å². The number of carbonyl (C=O) groups excluding carboxylic acids is 2. The second-order valence-corrected chi connectivity index (χ2v) is 8.52. The molecule has 0 aromatic carbocycles. The molecular weight excluding hydrogens is 460 g/mol. The van der Waals surface area contributed by atoms with Crippen LogP contribution < -0.4 is 0 Å². The monoisotopic (exact) mass is 504 g/mol. The summed E-state index contributed by atoms with van der Waals surface area (Å²) in [7, 11) is 0. The molecule has 0 amide bonds. The Kier molecular flexibility index (Phi) is 22.1. The zero-order valence-electron chi connectivity index (χ0n) is 21.2. The molecule has 0 rings (SSSR count).